The van der Waals surface area contributed by atoms with Crippen LogP contribution in [0.3, 0.4) is 0 Å². The molecule has 3 aromatic rings. The van der Waals surface area contributed by atoms with Gasteiger partial charge in [-0.05, 0) is 79.8 Å². The van der Waals surface area contributed by atoms with Crippen molar-refractivity contribution in [2.24, 2.45) is 4.99 Å². The minimum absolute atomic E-state index is 0.0916. The third-order valence-electron chi connectivity index (χ3n) is 7.91. The Morgan fingerprint density at radius 3 is 2.15 bits per heavy atom. The van der Waals surface area contributed by atoms with E-state index in [1.165, 1.54) is 68.4 Å². The minimum atomic E-state index is -0.225. The number of anilines is 2. The molecular formula is C38H46Cl3N5O2. The molecule has 256 valence electrons. The number of hydrogen-bond donors (Lipinski definition) is 2. The van der Waals surface area contributed by atoms with Gasteiger partial charge in [-0.2, -0.15) is 5.26 Å². The fourth-order valence-electron chi connectivity index (χ4n) is 5.30. The van der Waals surface area contributed by atoms with Gasteiger partial charge in [0.05, 0.1) is 38.9 Å². The molecule has 0 unspecified atom stereocenters. The summed E-state index contributed by atoms with van der Waals surface area (Å²) < 4.78 is 0. The van der Waals surface area contributed by atoms with Crippen LogP contribution in [0.4, 0.5) is 17.1 Å². The van der Waals surface area contributed by atoms with E-state index in [0.717, 1.165) is 29.7 Å². The number of halogens is 3. The second-order valence-corrected chi connectivity index (χ2v) is 13.3. The van der Waals surface area contributed by atoms with E-state index in [0.29, 0.717) is 32.3 Å². The number of unbranched alkanes of at least 4 members (excludes halogenated alkanes) is 9. The van der Waals surface area contributed by atoms with Crippen molar-refractivity contribution >= 4 is 69.5 Å². The third kappa shape index (κ3) is 13.1. The maximum atomic E-state index is 12.2. The molecular weight excluding hydrogens is 665 g/mol. The monoisotopic (exact) mass is 709 g/mol. The van der Waals surface area contributed by atoms with Crippen molar-refractivity contribution in [3.8, 4) is 6.07 Å². The Morgan fingerprint density at radius 1 is 0.854 bits per heavy atom. The Balaban J connectivity index is 0.000000261. The zero-order valence-corrected chi connectivity index (χ0v) is 30.4. The highest BCUT2D eigenvalue weighted by Gasteiger charge is 2.27. The van der Waals surface area contributed by atoms with E-state index in [1.807, 2.05) is 38.1 Å². The number of carbonyl (C=O) groups is 2. The maximum Gasteiger partial charge on any atom is 0.253 e. The molecule has 1 heterocycles. The smallest absolute Gasteiger partial charge is 0.253 e. The van der Waals surface area contributed by atoms with Gasteiger partial charge in [0.25, 0.3) is 5.91 Å². The first-order valence-electron chi connectivity index (χ1n) is 16.8. The third-order valence-corrected chi connectivity index (χ3v) is 8.96. The first kappa shape index (κ1) is 38.9. The van der Waals surface area contributed by atoms with Gasteiger partial charge in [0.15, 0.2) is 0 Å². The number of hydrazine groups is 1. The van der Waals surface area contributed by atoms with Crippen molar-refractivity contribution in [1.29, 1.82) is 5.26 Å². The van der Waals surface area contributed by atoms with Crippen LogP contribution in [0.1, 0.15) is 101 Å². The van der Waals surface area contributed by atoms with Crippen molar-refractivity contribution in [2.45, 2.75) is 104 Å². The maximum absolute atomic E-state index is 12.2. The molecule has 10 heteroatoms. The molecule has 0 aromatic heterocycles. The number of carbonyl (C=O) groups excluding carboxylic acids is 2. The van der Waals surface area contributed by atoms with Crippen molar-refractivity contribution in [2.75, 3.05) is 10.3 Å². The lowest BCUT2D eigenvalue weighted by Gasteiger charge is -2.16. The van der Waals surface area contributed by atoms with Crippen LogP contribution >= 0.6 is 34.8 Å². The number of hydrogen-bond acceptors (Lipinski definition) is 4. The standard InChI is InChI=1S/C22H34N2O.C16H12Cl3N3O/c1-3-4-5-6-7-8-9-10-11-12-13-20-15-14-19(2)18-21(20)24-22(25)16-17-23;1-9-2-4-12(18)14(6-9)20-15-8-16(23)22(21-15)10-3-5-11(17)13(19)7-10/h14-15,18H,3-13,16H2,1-2H3,(H,24,25);2-7H,8H2,1H3,(H,20,21). The molecule has 0 atom stereocenters. The number of amidine groups is 1. The van der Waals surface area contributed by atoms with E-state index in [4.69, 9.17) is 40.1 Å². The van der Waals surface area contributed by atoms with Gasteiger partial charge in [-0.25, -0.2) is 10.0 Å². The van der Waals surface area contributed by atoms with Crippen LogP contribution < -0.4 is 15.8 Å². The van der Waals surface area contributed by atoms with E-state index in [2.05, 4.69) is 34.8 Å². The molecule has 1 saturated heterocycles. The van der Waals surface area contributed by atoms with Crippen LogP contribution in [0, 0.1) is 25.2 Å². The lowest BCUT2D eigenvalue weighted by Crippen LogP contribution is -2.35. The number of nitrogens with zero attached hydrogens (tertiary/aromatic N) is 3. The molecule has 3 aromatic carbocycles. The van der Waals surface area contributed by atoms with Crippen molar-refractivity contribution in [1.82, 2.24) is 5.43 Å². The number of aryl methyl sites for hydroxylation is 3. The quantitative estimate of drug-likeness (QED) is 0.153. The van der Waals surface area contributed by atoms with Crippen LogP contribution in [-0.2, 0) is 16.0 Å². The van der Waals surface area contributed by atoms with Gasteiger partial charge in [0.2, 0.25) is 5.91 Å². The topological polar surface area (TPSA) is 97.6 Å². The fourth-order valence-corrected chi connectivity index (χ4v) is 5.75. The van der Waals surface area contributed by atoms with Crippen molar-refractivity contribution in [3.63, 3.8) is 0 Å². The van der Waals surface area contributed by atoms with Gasteiger partial charge >= 0.3 is 0 Å². The van der Waals surface area contributed by atoms with Crippen molar-refractivity contribution < 1.29 is 9.59 Å². The Kier molecular flexibility index (Phi) is 16.8. The SMILES string of the molecule is CCCCCCCCCCCCc1ccc(C)cc1NC(=O)CC#N.Cc1ccc(Cl)c(N=C2CC(=O)N(c3ccc(Cl)c(Cl)c3)N2)c1. The summed E-state index contributed by atoms with van der Waals surface area (Å²) in [7, 11) is 0. The predicted molar refractivity (Wildman–Crippen MR) is 201 cm³/mol. The summed E-state index contributed by atoms with van der Waals surface area (Å²) in [6.07, 6.45) is 14.3. The lowest BCUT2D eigenvalue weighted by molar-refractivity contribution is -0.117. The van der Waals surface area contributed by atoms with Gasteiger partial charge < -0.3 is 5.32 Å². The first-order chi connectivity index (χ1) is 23.1. The highest BCUT2D eigenvalue weighted by Crippen LogP contribution is 2.30. The average Bonchev–Trinajstić information content (AvgIpc) is 3.42. The van der Waals surface area contributed by atoms with Crippen LogP contribution in [0.15, 0.2) is 59.6 Å². The Bertz CT molecular complexity index is 1600. The molecule has 1 aliphatic heterocycles. The molecule has 4 rings (SSSR count). The molecule has 0 aliphatic carbocycles. The van der Waals surface area contributed by atoms with Gasteiger partial charge in [-0.15, -0.1) is 0 Å². The molecule has 7 nitrogen and oxygen atoms in total. The van der Waals surface area contributed by atoms with Crippen LogP contribution in [0.2, 0.25) is 15.1 Å². The van der Waals surface area contributed by atoms with Gasteiger partial charge in [-0.3, -0.25) is 15.0 Å². The van der Waals surface area contributed by atoms with Gasteiger partial charge in [0, 0.05) is 5.69 Å². The van der Waals surface area contributed by atoms with Crippen molar-refractivity contribution in [3.05, 3.63) is 86.4 Å². The van der Waals surface area contributed by atoms with Gasteiger partial charge in [-0.1, -0.05) is 118 Å². The molecule has 0 saturated carbocycles. The number of amides is 2. The van der Waals surface area contributed by atoms with E-state index < -0.39 is 0 Å². The molecule has 1 fully saturated rings. The fraction of sp³-hybridized carbons (Fsp3) is 0.421. The van der Waals surface area contributed by atoms with Gasteiger partial charge in [0.1, 0.15) is 12.3 Å². The molecule has 0 bridgehead atoms. The zero-order valence-electron chi connectivity index (χ0n) is 28.2. The Hall–Kier alpha value is -3.57. The summed E-state index contributed by atoms with van der Waals surface area (Å²) in [4.78, 5) is 28.3. The van der Waals surface area contributed by atoms with Crippen LogP contribution in [-0.4, -0.2) is 17.6 Å². The number of nitriles is 1. The van der Waals surface area contributed by atoms with E-state index in [9.17, 15) is 9.59 Å². The molecule has 2 N–H and O–H groups in total. The molecule has 0 radical (unpaired) electrons. The molecule has 1 aliphatic rings. The number of aliphatic imine (C=N–C) groups is 1. The number of nitrogens with one attached hydrogen (secondary N) is 2. The largest absolute Gasteiger partial charge is 0.325 e. The molecule has 0 spiro atoms. The summed E-state index contributed by atoms with van der Waals surface area (Å²) in [6, 6.07) is 18.6. The zero-order chi connectivity index (χ0) is 34.9. The number of benzene rings is 3. The summed E-state index contributed by atoms with van der Waals surface area (Å²) in [5, 5.41) is 14.2. The van der Waals surface area contributed by atoms with E-state index >= 15 is 0 Å². The van der Waals surface area contributed by atoms with Crippen LogP contribution in [0.25, 0.3) is 0 Å². The van der Waals surface area contributed by atoms with Crippen LogP contribution in [0.5, 0.6) is 0 Å². The van der Waals surface area contributed by atoms with E-state index in [1.54, 1.807) is 24.3 Å². The normalized spacial score (nSPS) is 13.1. The van der Waals surface area contributed by atoms with E-state index in [-0.39, 0.29) is 24.7 Å². The first-order valence-corrected chi connectivity index (χ1v) is 17.9. The minimum Gasteiger partial charge on any atom is -0.325 e. The average molecular weight is 711 g/mol. The summed E-state index contributed by atoms with van der Waals surface area (Å²) in [6.45, 7) is 6.23. The second kappa shape index (κ2) is 20.7. The Labute approximate surface area is 300 Å². The Morgan fingerprint density at radius 2 is 1.48 bits per heavy atom. The summed E-state index contributed by atoms with van der Waals surface area (Å²) in [5.74, 6) is 0.164. The highest BCUT2D eigenvalue weighted by atomic mass is 35.5. The summed E-state index contributed by atoms with van der Waals surface area (Å²) in [5.41, 5.74) is 8.41. The predicted octanol–water partition coefficient (Wildman–Crippen LogP) is 11.2. The number of rotatable bonds is 15. The second-order valence-electron chi connectivity index (χ2n) is 12.1. The lowest BCUT2D eigenvalue weighted by atomic mass is 10.0. The molecule has 2 amide bonds. The molecule has 48 heavy (non-hydrogen) atoms. The summed E-state index contributed by atoms with van der Waals surface area (Å²) >= 11 is 18.0. The highest BCUT2D eigenvalue weighted by molar-refractivity contribution is 6.42.